The number of aromatic nitrogens is 2. The van der Waals surface area contributed by atoms with E-state index in [1.807, 2.05) is 35.1 Å². The molecule has 0 spiro atoms. The first kappa shape index (κ1) is 20.5. The SMILES string of the molecule is CC#C[C@@H](CC(=O)O)c1ccc(OCc2ccc3c(cnn3CC(C)C)c2)cc1. The molecule has 1 atom stereocenters. The van der Waals surface area contributed by atoms with E-state index in [4.69, 9.17) is 9.84 Å². The van der Waals surface area contributed by atoms with E-state index in [0.717, 1.165) is 34.3 Å². The molecule has 150 valence electrons. The minimum atomic E-state index is -0.856. The minimum Gasteiger partial charge on any atom is -0.489 e. The Bertz CT molecular complexity index is 1040. The number of nitrogens with zero attached hydrogens (tertiary/aromatic N) is 2. The number of carboxylic acids is 1. The number of fused-ring (bicyclic) bond motifs is 1. The molecule has 0 radical (unpaired) electrons. The molecule has 0 fully saturated rings. The molecular weight excluding hydrogens is 364 g/mol. The summed E-state index contributed by atoms with van der Waals surface area (Å²) in [7, 11) is 0. The fourth-order valence-corrected chi connectivity index (χ4v) is 3.28. The molecule has 0 amide bonds. The zero-order chi connectivity index (χ0) is 20.8. The van der Waals surface area contributed by atoms with E-state index in [9.17, 15) is 4.79 Å². The Morgan fingerprint density at radius 1 is 1.21 bits per heavy atom. The van der Waals surface area contributed by atoms with Crippen LogP contribution in [0.25, 0.3) is 10.9 Å². The molecule has 0 saturated carbocycles. The number of aliphatic carboxylic acids is 1. The van der Waals surface area contributed by atoms with Crippen LogP contribution in [0.3, 0.4) is 0 Å². The van der Waals surface area contributed by atoms with Gasteiger partial charge < -0.3 is 9.84 Å². The lowest BCUT2D eigenvalue weighted by atomic mass is 9.96. The third kappa shape index (κ3) is 5.39. The van der Waals surface area contributed by atoms with E-state index >= 15 is 0 Å². The molecule has 1 aromatic heterocycles. The first-order valence-corrected chi connectivity index (χ1v) is 9.77. The summed E-state index contributed by atoms with van der Waals surface area (Å²) < 4.78 is 7.95. The summed E-state index contributed by atoms with van der Waals surface area (Å²) in [5.41, 5.74) is 3.09. The fraction of sp³-hybridized carbons (Fsp3) is 0.333. The van der Waals surface area contributed by atoms with Crippen molar-refractivity contribution >= 4 is 16.9 Å². The zero-order valence-corrected chi connectivity index (χ0v) is 17.1. The van der Waals surface area contributed by atoms with Crippen molar-refractivity contribution in [1.29, 1.82) is 0 Å². The molecule has 29 heavy (non-hydrogen) atoms. The second-order valence-electron chi connectivity index (χ2n) is 7.52. The summed E-state index contributed by atoms with van der Waals surface area (Å²) in [5, 5.41) is 14.6. The Morgan fingerprint density at radius 2 is 1.97 bits per heavy atom. The van der Waals surface area contributed by atoms with Crippen LogP contribution >= 0.6 is 0 Å². The highest BCUT2D eigenvalue weighted by atomic mass is 16.5. The van der Waals surface area contributed by atoms with Gasteiger partial charge in [-0.2, -0.15) is 5.10 Å². The van der Waals surface area contributed by atoms with Crippen molar-refractivity contribution in [2.75, 3.05) is 0 Å². The number of rotatable bonds is 8. The van der Waals surface area contributed by atoms with Gasteiger partial charge in [-0.15, -0.1) is 5.92 Å². The van der Waals surface area contributed by atoms with Gasteiger partial charge in [0.05, 0.1) is 24.1 Å². The van der Waals surface area contributed by atoms with Crippen LogP contribution in [0.1, 0.15) is 44.2 Å². The van der Waals surface area contributed by atoms with Gasteiger partial charge in [0.25, 0.3) is 0 Å². The van der Waals surface area contributed by atoms with Gasteiger partial charge in [0.2, 0.25) is 0 Å². The van der Waals surface area contributed by atoms with Crippen LogP contribution in [0.15, 0.2) is 48.7 Å². The average Bonchev–Trinajstić information content (AvgIpc) is 3.07. The van der Waals surface area contributed by atoms with Gasteiger partial charge in [0, 0.05) is 11.9 Å². The lowest BCUT2D eigenvalue weighted by Gasteiger charge is -2.11. The molecule has 3 aromatic rings. The van der Waals surface area contributed by atoms with Gasteiger partial charge in [-0.3, -0.25) is 9.48 Å². The number of carbonyl (C=O) groups is 1. The summed E-state index contributed by atoms with van der Waals surface area (Å²) in [6.07, 6.45) is 1.89. The lowest BCUT2D eigenvalue weighted by Crippen LogP contribution is -2.05. The predicted octanol–water partition coefficient (Wildman–Crippen LogP) is 4.85. The molecule has 5 heteroatoms. The summed E-state index contributed by atoms with van der Waals surface area (Å²) in [5.74, 6) is 5.88. The number of carboxylic acid groups (broad SMARTS) is 1. The Kier molecular flexibility index (Phi) is 6.56. The Morgan fingerprint density at radius 3 is 2.62 bits per heavy atom. The third-order valence-corrected chi connectivity index (χ3v) is 4.63. The van der Waals surface area contributed by atoms with E-state index < -0.39 is 5.97 Å². The highest BCUT2D eigenvalue weighted by Gasteiger charge is 2.13. The highest BCUT2D eigenvalue weighted by molar-refractivity contribution is 5.79. The first-order chi connectivity index (χ1) is 14.0. The second-order valence-corrected chi connectivity index (χ2v) is 7.52. The smallest absolute Gasteiger partial charge is 0.304 e. The van der Waals surface area contributed by atoms with E-state index in [1.54, 1.807) is 6.92 Å². The summed E-state index contributed by atoms with van der Waals surface area (Å²) >= 11 is 0. The van der Waals surface area contributed by atoms with Crippen LogP contribution in [0.2, 0.25) is 0 Å². The van der Waals surface area contributed by atoms with E-state index in [1.165, 1.54) is 0 Å². The first-order valence-electron chi connectivity index (χ1n) is 9.77. The fourth-order valence-electron chi connectivity index (χ4n) is 3.28. The summed E-state index contributed by atoms with van der Waals surface area (Å²) in [4.78, 5) is 11.0. The van der Waals surface area contributed by atoms with Gasteiger partial charge in [-0.25, -0.2) is 0 Å². The maximum Gasteiger partial charge on any atom is 0.304 e. The molecule has 0 saturated heterocycles. The number of ether oxygens (including phenoxy) is 1. The molecule has 1 heterocycles. The van der Waals surface area contributed by atoms with Gasteiger partial charge in [0.1, 0.15) is 12.4 Å². The minimum absolute atomic E-state index is 0.00838. The van der Waals surface area contributed by atoms with E-state index in [-0.39, 0.29) is 12.3 Å². The van der Waals surface area contributed by atoms with Gasteiger partial charge in [0.15, 0.2) is 0 Å². The Balaban J connectivity index is 1.66. The van der Waals surface area contributed by atoms with Crippen LogP contribution < -0.4 is 4.74 Å². The van der Waals surface area contributed by atoms with Gasteiger partial charge in [-0.05, 0) is 48.2 Å². The van der Waals surface area contributed by atoms with Crippen molar-refractivity contribution in [2.45, 2.75) is 46.3 Å². The maximum atomic E-state index is 11.0. The van der Waals surface area contributed by atoms with Crippen molar-refractivity contribution in [3.05, 3.63) is 59.8 Å². The third-order valence-electron chi connectivity index (χ3n) is 4.63. The quantitative estimate of drug-likeness (QED) is 0.558. The van der Waals surface area contributed by atoms with E-state index in [2.05, 4.69) is 49.0 Å². The Hall–Kier alpha value is -3.26. The zero-order valence-electron chi connectivity index (χ0n) is 17.1. The van der Waals surface area contributed by atoms with Crippen molar-refractivity contribution in [1.82, 2.24) is 9.78 Å². The van der Waals surface area contributed by atoms with Crippen LogP contribution in [0, 0.1) is 17.8 Å². The van der Waals surface area contributed by atoms with Crippen molar-refractivity contribution in [2.24, 2.45) is 5.92 Å². The molecule has 0 aliphatic rings. The molecular formula is C24H26N2O3. The number of benzene rings is 2. The summed E-state index contributed by atoms with van der Waals surface area (Å²) in [6, 6.07) is 13.7. The molecule has 0 bridgehead atoms. The van der Waals surface area contributed by atoms with E-state index in [0.29, 0.717) is 12.5 Å². The average molecular weight is 390 g/mol. The molecule has 3 rings (SSSR count). The highest BCUT2D eigenvalue weighted by Crippen LogP contribution is 2.23. The molecule has 2 aromatic carbocycles. The predicted molar refractivity (Wildman–Crippen MR) is 114 cm³/mol. The van der Waals surface area contributed by atoms with Gasteiger partial charge in [-0.1, -0.05) is 38.0 Å². The topological polar surface area (TPSA) is 64.3 Å². The lowest BCUT2D eigenvalue weighted by molar-refractivity contribution is -0.137. The largest absolute Gasteiger partial charge is 0.489 e. The Labute approximate surface area is 171 Å². The normalized spacial score (nSPS) is 11.9. The van der Waals surface area contributed by atoms with Crippen LogP contribution in [0.4, 0.5) is 0 Å². The van der Waals surface area contributed by atoms with Crippen molar-refractivity contribution in [3.8, 4) is 17.6 Å². The van der Waals surface area contributed by atoms with Gasteiger partial charge >= 0.3 is 5.97 Å². The van der Waals surface area contributed by atoms with Crippen LogP contribution in [0.5, 0.6) is 5.75 Å². The molecule has 0 unspecified atom stereocenters. The van der Waals surface area contributed by atoms with Crippen LogP contribution in [-0.2, 0) is 17.9 Å². The molecule has 0 aliphatic heterocycles. The maximum absolute atomic E-state index is 11.0. The van der Waals surface area contributed by atoms with Crippen molar-refractivity contribution < 1.29 is 14.6 Å². The number of hydrogen-bond acceptors (Lipinski definition) is 3. The molecule has 1 N–H and O–H groups in total. The summed E-state index contributed by atoms with van der Waals surface area (Å²) in [6.45, 7) is 7.43. The van der Waals surface area contributed by atoms with Crippen molar-refractivity contribution in [3.63, 3.8) is 0 Å². The monoisotopic (exact) mass is 390 g/mol. The number of hydrogen-bond donors (Lipinski definition) is 1. The molecule has 0 aliphatic carbocycles. The van der Waals surface area contributed by atoms with Crippen LogP contribution in [-0.4, -0.2) is 20.9 Å². The second kappa shape index (κ2) is 9.29. The molecule has 5 nitrogen and oxygen atoms in total. The standard InChI is InChI=1S/C24H26N2O3/c1-4-5-20(13-24(27)28)19-7-9-22(10-8-19)29-16-18-6-11-23-21(12-18)14-25-26(23)15-17(2)3/h6-12,14,17,20H,13,15-16H2,1-3H3,(H,27,28)/t20-/m0/s1.